The maximum atomic E-state index is 6.09. The third-order valence-corrected chi connectivity index (χ3v) is 3.30. The van der Waals surface area contributed by atoms with Crippen LogP contribution < -0.4 is 10.5 Å². The Kier molecular flexibility index (Phi) is 4.58. The number of nitrogens with two attached hydrogens (primary N) is 1. The second-order valence-electron chi connectivity index (χ2n) is 4.60. The minimum Gasteiger partial charge on any atom is -0.493 e. The van der Waals surface area contributed by atoms with Crippen LogP contribution >= 0.6 is 0 Å². The predicted octanol–water partition coefficient (Wildman–Crippen LogP) is 2.45. The molecule has 0 radical (unpaired) electrons. The number of rotatable bonds is 6. The molecule has 1 aromatic heterocycles. The molecule has 4 heteroatoms. The van der Waals surface area contributed by atoms with Crippen LogP contribution in [0.4, 0.5) is 0 Å². The summed E-state index contributed by atoms with van der Waals surface area (Å²) in [6.45, 7) is 2.71. The van der Waals surface area contributed by atoms with E-state index in [9.17, 15) is 0 Å². The molecule has 1 atom stereocenters. The van der Waals surface area contributed by atoms with Gasteiger partial charge in [0, 0.05) is 37.0 Å². The van der Waals surface area contributed by atoms with Gasteiger partial charge < -0.3 is 10.5 Å². The monoisotopic (exact) mass is 259 g/mol. The first-order valence-corrected chi connectivity index (χ1v) is 6.66. The molecule has 19 heavy (non-hydrogen) atoms. The molecular weight excluding hydrogens is 238 g/mol. The molecule has 4 nitrogen and oxygen atoms in total. The van der Waals surface area contributed by atoms with Gasteiger partial charge in [0.15, 0.2) is 0 Å². The summed E-state index contributed by atoms with van der Waals surface area (Å²) in [6.07, 6.45) is 3.55. The largest absolute Gasteiger partial charge is 0.493 e. The van der Waals surface area contributed by atoms with E-state index >= 15 is 0 Å². The third kappa shape index (κ3) is 3.35. The van der Waals surface area contributed by atoms with Gasteiger partial charge in [0.05, 0.1) is 6.61 Å². The molecule has 1 aromatic carbocycles. The Hall–Kier alpha value is -1.81. The Morgan fingerprint density at radius 3 is 2.79 bits per heavy atom. The van der Waals surface area contributed by atoms with Gasteiger partial charge in [-0.1, -0.05) is 25.1 Å². The van der Waals surface area contributed by atoms with Crippen LogP contribution in [0.1, 0.15) is 30.6 Å². The number of para-hydroxylation sites is 1. The van der Waals surface area contributed by atoms with Crippen molar-refractivity contribution in [3.8, 4) is 5.75 Å². The molecule has 102 valence electrons. The first-order valence-electron chi connectivity index (χ1n) is 6.66. The lowest BCUT2D eigenvalue weighted by Gasteiger charge is -2.15. The minimum atomic E-state index is 0.0351. The topological polar surface area (TPSA) is 53.1 Å². The molecule has 0 fully saturated rings. The lowest BCUT2D eigenvalue weighted by molar-refractivity contribution is 0.313. The molecule has 0 aliphatic rings. The molecule has 2 rings (SSSR count). The highest BCUT2D eigenvalue weighted by Crippen LogP contribution is 2.25. The average Bonchev–Trinajstić information content (AvgIpc) is 2.84. The molecular formula is C15H21N3O. The molecule has 0 saturated heterocycles. The molecule has 0 saturated carbocycles. The van der Waals surface area contributed by atoms with Crippen LogP contribution in [-0.2, 0) is 13.5 Å². The van der Waals surface area contributed by atoms with Crippen LogP contribution in [0.5, 0.6) is 5.75 Å². The highest BCUT2D eigenvalue weighted by atomic mass is 16.5. The molecule has 1 heterocycles. The molecule has 2 N–H and O–H groups in total. The summed E-state index contributed by atoms with van der Waals surface area (Å²) in [6, 6.07) is 10.0. The van der Waals surface area contributed by atoms with Crippen LogP contribution in [0.25, 0.3) is 0 Å². The van der Waals surface area contributed by atoms with Gasteiger partial charge in [-0.3, -0.25) is 4.68 Å². The number of benzene rings is 1. The van der Waals surface area contributed by atoms with E-state index in [1.54, 1.807) is 6.20 Å². The summed E-state index contributed by atoms with van der Waals surface area (Å²) in [7, 11) is 1.94. The van der Waals surface area contributed by atoms with Gasteiger partial charge in [0.2, 0.25) is 0 Å². The standard InChI is InChI=1S/C15H21N3O/c1-3-14(16)13-6-4-5-7-15(13)19-11-9-12-8-10-17-18(12)2/h4-8,10,14H,3,9,11,16H2,1-2H3/t14-/m1/s1. The highest BCUT2D eigenvalue weighted by molar-refractivity contribution is 5.35. The molecule has 0 aliphatic heterocycles. The van der Waals surface area contributed by atoms with Crippen LogP contribution in [0, 0.1) is 0 Å². The van der Waals surface area contributed by atoms with Crippen molar-refractivity contribution in [1.82, 2.24) is 9.78 Å². The van der Waals surface area contributed by atoms with Crippen molar-refractivity contribution in [3.63, 3.8) is 0 Å². The number of nitrogens with zero attached hydrogens (tertiary/aromatic N) is 2. The Morgan fingerprint density at radius 2 is 2.11 bits per heavy atom. The van der Waals surface area contributed by atoms with Crippen LogP contribution in [0.2, 0.25) is 0 Å². The van der Waals surface area contributed by atoms with Crippen molar-refractivity contribution in [2.45, 2.75) is 25.8 Å². The summed E-state index contributed by atoms with van der Waals surface area (Å²) in [5, 5.41) is 4.14. The summed E-state index contributed by atoms with van der Waals surface area (Å²) in [4.78, 5) is 0. The summed E-state index contributed by atoms with van der Waals surface area (Å²) < 4.78 is 7.74. The maximum absolute atomic E-state index is 6.09. The van der Waals surface area contributed by atoms with Crippen molar-refractivity contribution in [2.75, 3.05) is 6.61 Å². The number of hydrogen-bond acceptors (Lipinski definition) is 3. The Labute approximate surface area is 114 Å². The van der Waals surface area contributed by atoms with E-state index in [0.29, 0.717) is 6.61 Å². The number of aryl methyl sites for hydroxylation is 1. The summed E-state index contributed by atoms with van der Waals surface area (Å²) in [5.41, 5.74) is 8.33. The lowest BCUT2D eigenvalue weighted by atomic mass is 10.0. The van der Waals surface area contributed by atoms with Gasteiger partial charge in [0.1, 0.15) is 5.75 Å². The predicted molar refractivity (Wildman–Crippen MR) is 76.1 cm³/mol. The highest BCUT2D eigenvalue weighted by Gasteiger charge is 2.09. The Bertz CT molecular complexity index is 522. The van der Waals surface area contributed by atoms with Crippen molar-refractivity contribution in [2.24, 2.45) is 12.8 Å². The summed E-state index contributed by atoms with van der Waals surface area (Å²) >= 11 is 0. The van der Waals surface area contributed by atoms with Gasteiger partial charge in [-0.15, -0.1) is 0 Å². The van der Waals surface area contributed by atoms with Crippen molar-refractivity contribution in [1.29, 1.82) is 0 Å². The normalized spacial score (nSPS) is 12.4. The van der Waals surface area contributed by atoms with E-state index in [0.717, 1.165) is 29.8 Å². The second kappa shape index (κ2) is 6.38. The first-order chi connectivity index (χ1) is 9.22. The van der Waals surface area contributed by atoms with Crippen molar-refractivity contribution in [3.05, 3.63) is 47.8 Å². The van der Waals surface area contributed by atoms with E-state index in [-0.39, 0.29) is 6.04 Å². The fourth-order valence-electron chi connectivity index (χ4n) is 2.05. The maximum Gasteiger partial charge on any atom is 0.124 e. The Balaban J connectivity index is 1.98. The van der Waals surface area contributed by atoms with Gasteiger partial charge >= 0.3 is 0 Å². The molecule has 0 amide bonds. The third-order valence-electron chi connectivity index (χ3n) is 3.30. The Morgan fingerprint density at radius 1 is 1.32 bits per heavy atom. The lowest BCUT2D eigenvalue weighted by Crippen LogP contribution is -2.12. The fraction of sp³-hybridized carbons (Fsp3) is 0.400. The zero-order chi connectivity index (χ0) is 13.7. The number of ether oxygens (including phenoxy) is 1. The van der Waals surface area contributed by atoms with Crippen molar-refractivity contribution >= 4 is 0 Å². The van der Waals surface area contributed by atoms with Crippen LogP contribution in [0.3, 0.4) is 0 Å². The van der Waals surface area contributed by atoms with E-state index < -0.39 is 0 Å². The van der Waals surface area contributed by atoms with Gasteiger partial charge in [-0.05, 0) is 18.6 Å². The van der Waals surface area contributed by atoms with E-state index in [1.165, 1.54) is 0 Å². The summed E-state index contributed by atoms with van der Waals surface area (Å²) in [5.74, 6) is 0.888. The van der Waals surface area contributed by atoms with Gasteiger partial charge in [-0.25, -0.2) is 0 Å². The zero-order valence-electron chi connectivity index (χ0n) is 11.5. The number of aromatic nitrogens is 2. The fourth-order valence-corrected chi connectivity index (χ4v) is 2.05. The molecule has 0 unspecified atom stereocenters. The van der Waals surface area contributed by atoms with Crippen molar-refractivity contribution < 1.29 is 4.74 Å². The molecule has 2 aromatic rings. The van der Waals surface area contributed by atoms with Gasteiger partial charge in [-0.2, -0.15) is 5.10 Å². The van der Waals surface area contributed by atoms with E-state index in [1.807, 2.05) is 42.1 Å². The quantitative estimate of drug-likeness (QED) is 0.867. The molecule has 0 bridgehead atoms. The van der Waals surface area contributed by atoms with E-state index in [2.05, 4.69) is 12.0 Å². The van der Waals surface area contributed by atoms with Crippen LogP contribution in [-0.4, -0.2) is 16.4 Å². The smallest absolute Gasteiger partial charge is 0.124 e. The molecule has 0 aliphatic carbocycles. The minimum absolute atomic E-state index is 0.0351. The SMILES string of the molecule is CC[C@@H](N)c1ccccc1OCCc1ccnn1C. The zero-order valence-corrected chi connectivity index (χ0v) is 11.5. The molecule has 0 spiro atoms. The first kappa shape index (κ1) is 13.6. The van der Waals surface area contributed by atoms with E-state index in [4.69, 9.17) is 10.5 Å². The van der Waals surface area contributed by atoms with Gasteiger partial charge in [0.25, 0.3) is 0 Å². The van der Waals surface area contributed by atoms with Crippen LogP contribution in [0.15, 0.2) is 36.5 Å². The number of hydrogen-bond donors (Lipinski definition) is 1. The second-order valence-corrected chi connectivity index (χ2v) is 4.60. The average molecular weight is 259 g/mol.